The van der Waals surface area contributed by atoms with Crippen molar-refractivity contribution in [2.75, 3.05) is 4.72 Å². The molecule has 0 bridgehead atoms. The van der Waals surface area contributed by atoms with Crippen molar-refractivity contribution in [1.29, 1.82) is 0 Å². The van der Waals surface area contributed by atoms with E-state index in [1.54, 1.807) is 13.0 Å². The van der Waals surface area contributed by atoms with Crippen molar-refractivity contribution in [3.63, 3.8) is 0 Å². The Morgan fingerprint density at radius 3 is 2.57 bits per heavy atom. The molecule has 5 nitrogen and oxygen atoms in total. The third-order valence-electron chi connectivity index (χ3n) is 2.63. The van der Waals surface area contributed by atoms with Gasteiger partial charge in [0.2, 0.25) is 0 Å². The summed E-state index contributed by atoms with van der Waals surface area (Å²) in [6.07, 6.45) is 0. The first-order valence-electron chi connectivity index (χ1n) is 5.52. The highest BCUT2D eigenvalue weighted by atomic mass is 35.5. The average molecular weight is 366 g/mol. The molecular formula is C12H9Cl2NO4S2. The predicted octanol–water partition coefficient (Wildman–Crippen LogP) is 3.86. The summed E-state index contributed by atoms with van der Waals surface area (Å²) in [6.45, 7) is 1.70. The fourth-order valence-corrected chi connectivity index (χ4v) is 4.54. The van der Waals surface area contributed by atoms with Crippen LogP contribution < -0.4 is 4.72 Å². The van der Waals surface area contributed by atoms with Gasteiger partial charge in [0.25, 0.3) is 10.0 Å². The van der Waals surface area contributed by atoms with Crippen molar-refractivity contribution in [2.24, 2.45) is 0 Å². The van der Waals surface area contributed by atoms with Crippen LogP contribution in [0.4, 0.5) is 5.69 Å². The summed E-state index contributed by atoms with van der Waals surface area (Å²) in [5.41, 5.74) is 0.670. The molecule has 1 aromatic carbocycles. The standard InChI is InChI=1S/C12H9Cl2NO4S2/c1-6-2-3-7(13)10(9(6)14)15-21(18,19)8-4-5-20-11(8)12(16)17/h2-5,15H,1H3,(H,16,17). The van der Waals surface area contributed by atoms with Gasteiger partial charge in [0, 0.05) is 0 Å². The van der Waals surface area contributed by atoms with Crippen LogP contribution in [0, 0.1) is 6.92 Å². The van der Waals surface area contributed by atoms with Crippen LogP contribution in [-0.2, 0) is 10.0 Å². The zero-order chi connectivity index (χ0) is 15.8. The van der Waals surface area contributed by atoms with Gasteiger partial charge in [-0.3, -0.25) is 4.72 Å². The van der Waals surface area contributed by atoms with Gasteiger partial charge in [0.05, 0.1) is 15.7 Å². The zero-order valence-electron chi connectivity index (χ0n) is 10.6. The molecule has 2 N–H and O–H groups in total. The molecule has 112 valence electrons. The van der Waals surface area contributed by atoms with E-state index < -0.39 is 16.0 Å². The van der Waals surface area contributed by atoms with Crippen molar-refractivity contribution in [2.45, 2.75) is 11.8 Å². The molecule has 0 radical (unpaired) electrons. The van der Waals surface area contributed by atoms with Gasteiger partial charge in [-0.1, -0.05) is 29.3 Å². The first-order valence-corrected chi connectivity index (χ1v) is 8.64. The molecule has 0 aliphatic heterocycles. The average Bonchev–Trinajstić information content (AvgIpc) is 2.89. The first-order chi connectivity index (χ1) is 9.74. The number of carboxylic acids is 1. The Labute approximate surface area is 135 Å². The monoisotopic (exact) mass is 365 g/mol. The molecule has 0 unspecified atom stereocenters. The Kier molecular flexibility index (Phi) is 4.48. The topological polar surface area (TPSA) is 83.5 Å². The fraction of sp³-hybridized carbons (Fsp3) is 0.0833. The van der Waals surface area contributed by atoms with Crippen molar-refractivity contribution >= 4 is 56.2 Å². The largest absolute Gasteiger partial charge is 0.477 e. The van der Waals surface area contributed by atoms with Crippen LogP contribution in [0.25, 0.3) is 0 Å². The molecule has 21 heavy (non-hydrogen) atoms. The van der Waals surface area contributed by atoms with E-state index in [0.717, 1.165) is 11.3 Å². The molecule has 0 aliphatic rings. The molecule has 0 fully saturated rings. The lowest BCUT2D eigenvalue weighted by Crippen LogP contribution is -2.16. The number of anilines is 1. The minimum Gasteiger partial charge on any atom is -0.477 e. The number of aryl methyl sites for hydroxylation is 1. The molecule has 0 amide bonds. The molecule has 0 aliphatic carbocycles. The normalized spacial score (nSPS) is 11.4. The van der Waals surface area contributed by atoms with Crippen molar-refractivity contribution in [3.8, 4) is 0 Å². The van der Waals surface area contributed by atoms with Crippen LogP contribution in [-0.4, -0.2) is 19.5 Å². The summed E-state index contributed by atoms with van der Waals surface area (Å²) in [7, 11) is -4.10. The second-order valence-corrected chi connectivity index (χ2v) is 7.43. The molecule has 1 heterocycles. The number of carboxylic acid groups (broad SMARTS) is 1. The van der Waals surface area contributed by atoms with Crippen molar-refractivity contribution in [3.05, 3.63) is 44.1 Å². The van der Waals surface area contributed by atoms with Gasteiger partial charge in [0.1, 0.15) is 9.77 Å². The minimum atomic E-state index is -4.10. The van der Waals surface area contributed by atoms with Gasteiger partial charge in [-0.05, 0) is 30.0 Å². The summed E-state index contributed by atoms with van der Waals surface area (Å²) in [5.74, 6) is -1.31. The van der Waals surface area contributed by atoms with Gasteiger partial charge in [-0.2, -0.15) is 0 Å². The summed E-state index contributed by atoms with van der Waals surface area (Å²) >= 11 is 12.8. The number of hydrogen-bond acceptors (Lipinski definition) is 4. The molecule has 0 atom stereocenters. The second-order valence-electron chi connectivity index (χ2n) is 4.08. The van der Waals surface area contributed by atoms with Gasteiger partial charge >= 0.3 is 5.97 Å². The lowest BCUT2D eigenvalue weighted by molar-refractivity contribution is 0.0698. The number of aromatic carboxylic acids is 1. The fourth-order valence-electron chi connectivity index (χ4n) is 1.60. The summed E-state index contributed by atoms with van der Waals surface area (Å²) < 4.78 is 26.9. The van der Waals surface area contributed by atoms with Crippen LogP contribution in [0.15, 0.2) is 28.5 Å². The van der Waals surface area contributed by atoms with Gasteiger partial charge in [-0.25, -0.2) is 13.2 Å². The van der Waals surface area contributed by atoms with Gasteiger partial charge in [-0.15, -0.1) is 11.3 Å². The van der Waals surface area contributed by atoms with E-state index in [1.165, 1.54) is 17.5 Å². The molecule has 9 heteroatoms. The third-order valence-corrected chi connectivity index (χ3v) is 5.86. The van der Waals surface area contributed by atoms with E-state index in [4.69, 9.17) is 28.3 Å². The summed E-state index contributed by atoms with van der Waals surface area (Å²) in [6, 6.07) is 4.37. The van der Waals surface area contributed by atoms with Crippen molar-refractivity contribution in [1.82, 2.24) is 0 Å². The van der Waals surface area contributed by atoms with E-state index in [-0.39, 0.29) is 25.5 Å². The Balaban J connectivity index is 2.50. The molecular weight excluding hydrogens is 357 g/mol. The Morgan fingerprint density at radius 2 is 1.95 bits per heavy atom. The molecule has 2 aromatic rings. The number of carbonyl (C=O) groups is 1. The second kappa shape index (κ2) is 5.84. The smallest absolute Gasteiger partial charge is 0.347 e. The van der Waals surface area contributed by atoms with Crippen LogP contribution >= 0.6 is 34.5 Å². The third kappa shape index (κ3) is 3.16. The quantitative estimate of drug-likeness (QED) is 0.861. The molecule has 2 rings (SSSR count). The highest BCUT2D eigenvalue weighted by Crippen LogP contribution is 2.35. The lowest BCUT2D eigenvalue weighted by atomic mass is 10.2. The van der Waals surface area contributed by atoms with Gasteiger partial charge in [0.15, 0.2) is 0 Å². The Bertz CT molecular complexity index is 815. The maximum Gasteiger partial charge on any atom is 0.347 e. The summed E-state index contributed by atoms with van der Waals surface area (Å²) in [5, 5.41) is 10.7. The number of nitrogens with one attached hydrogen (secondary N) is 1. The number of rotatable bonds is 4. The van der Waals surface area contributed by atoms with E-state index in [0.29, 0.717) is 5.56 Å². The van der Waals surface area contributed by atoms with Crippen molar-refractivity contribution < 1.29 is 18.3 Å². The summed E-state index contributed by atoms with van der Waals surface area (Å²) in [4.78, 5) is 10.4. The predicted molar refractivity (Wildman–Crippen MR) is 83.3 cm³/mol. The highest BCUT2D eigenvalue weighted by molar-refractivity contribution is 7.93. The minimum absolute atomic E-state index is 0.0286. The number of sulfonamides is 1. The SMILES string of the molecule is Cc1ccc(Cl)c(NS(=O)(=O)c2ccsc2C(=O)O)c1Cl. The first kappa shape index (κ1) is 16.1. The van der Waals surface area contributed by atoms with E-state index >= 15 is 0 Å². The maximum atomic E-state index is 12.3. The number of thiophene rings is 1. The van der Waals surface area contributed by atoms with Gasteiger partial charge < -0.3 is 5.11 Å². The molecule has 1 aromatic heterocycles. The zero-order valence-corrected chi connectivity index (χ0v) is 13.7. The lowest BCUT2D eigenvalue weighted by Gasteiger charge is -2.12. The number of hydrogen-bond donors (Lipinski definition) is 2. The maximum absolute atomic E-state index is 12.3. The van der Waals surface area contributed by atoms with Crippen LogP contribution in [0.3, 0.4) is 0 Å². The molecule has 0 saturated carbocycles. The van der Waals surface area contributed by atoms with E-state index in [9.17, 15) is 13.2 Å². The van der Waals surface area contributed by atoms with Crippen LogP contribution in [0.1, 0.15) is 15.2 Å². The molecule has 0 spiro atoms. The number of benzene rings is 1. The molecule has 0 saturated heterocycles. The highest BCUT2D eigenvalue weighted by Gasteiger charge is 2.25. The number of halogens is 2. The van der Waals surface area contributed by atoms with Crippen LogP contribution in [0.5, 0.6) is 0 Å². The Hall–Kier alpha value is -1.28. The van der Waals surface area contributed by atoms with E-state index in [2.05, 4.69) is 4.72 Å². The van der Waals surface area contributed by atoms with E-state index in [1.807, 2.05) is 0 Å². The van der Waals surface area contributed by atoms with Crippen LogP contribution in [0.2, 0.25) is 10.0 Å². The Morgan fingerprint density at radius 1 is 1.29 bits per heavy atom.